The summed E-state index contributed by atoms with van der Waals surface area (Å²) in [6, 6.07) is 0. The molecule has 1 saturated carbocycles. The van der Waals surface area contributed by atoms with Gasteiger partial charge in [-0.25, -0.2) is 0 Å². The second-order valence-corrected chi connectivity index (χ2v) is 5.74. The molecule has 2 bridgehead atoms. The van der Waals surface area contributed by atoms with Gasteiger partial charge in [-0.05, 0) is 43.4 Å². The SMILES string of the molecule is O=C(O)CCCCCCCC1CC2C=CC1C2. The van der Waals surface area contributed by atoms with Gasteiger partial charge in [0.2, 0.25) is 0 Å². The van der Waals surface area contributed by atoms with Crippen LogP contribution in [0.1, 0.15) is 57.8 Å². The van der Waals surface area contributed by atoms with Crippen molar-refractivity contribution in [3.8, 4) is 0 Å². The fourth-order valence-corrected chi connectivity index (χ4v) is 3.44. The Labute approximate surface area is 104 Å². The number of rotatable bonds is 8. The van der Waals surface area contributed by atoms with E-state index in [4.69, 9.17) is 5.11 Å². The van der Waals surface area contributed by atoms with Crippen LogP contribution in [0.5, 0.6) is 0 Å². The third-order valence-electron chi connectivity index (χ3n) is 4.38. The zero-order chi connectivity index (χ0) is 12.1. The van der Waals surface area contributed by atoms with Gasteiger partial charge in [0.1, 0.15) is 0 Å². The topological polar surface area (TPSA) is 37.3 Å². The zero-order valence-corrected chi connectivity index (χ0v) is 10.6. The van der Waals surface area contributed by atoms with Gasteiger partial charge in [0.25, 0.3) is 0 Å². The third-order valence-corrected chi connectivity index (χ3v) is 4.38. The maximum atomic E-state index is 10.3. The van der Waals surface area contributed by atoms with Crippen molar-refractivity contribution in [2.45, 2.75) is 57.8 Å². The molecule has 0 aromatic carbocycles. The van der Waals surface area contributed by atoms with E-state index in [1.54, 1.807) is 0 Å². The molecule has 2 nitrogen and oxygen atoms in total. The van der Waals surface area contributed by atoms with E-state index in [1.165, 1.54) is 38.5 Å². The molecule has 3 unspecified atom stereocenters. The molecule has 2 aliphatic rings. The van der Waals surface area contributed by atoms with Gasteiger partial charge in [-0.1, -0.05) is 37.8 Å². The van der Waals surface area contributed by atoms with Gasteiger partial charge in [-0.3, -0.25) is 4.79 Å². The normalized spacial score (nSPS) is 30.0. The molecule has 0 amide bonds. The second kappa shape index (κ2) is 6.23. The number of carboxylic acid groups (broad SMARTS) is 1. The summed E-state index contributed by atoms with van der Waals surface area (Å²) in [6.07, 6.45) is 15.2. The number of aliphatic carboxylic acids is 1. The van der Waals surface area contributed by atoms with Crippen molar-refractivity contribution in [2.24, 2.45) is 17.8 Å². The molecule has 0 saturated heterocycles. The van der Waals surface area contributed by atoms with Crippen LogP contribution in [0.15, 0.2) is 12.2 Å². The van der Waals surface area contributed by atoms with Crippen molar-refractivity contribution in [3.05, 3.63) is 12.2 Å². The molecule has 1 N–H and O–H groups in total. The first-order valence-corrected chi connectivity index (χ1v) is 7.16. The van der Waals surface area contributed by atoms with Crippen molar-refractivity contribution in [2.75, 3.05) is 0 Å². The minimum Gasteiger partial charge on any atom is -0.481 e. The minimum atomic E-state index is -0.654. The molecular formula is C15H24O2. The smallest absolute Gasteiger partial charge is 0.303 e. The van der Waals surface area contributed by atoms with Crippen LogP contribution in [0.3, 0.4) is 0 Å². The Morgan fingerprint density at radius 1 is 1.06 bits per heavy atom. The van der Waals surface area contributed by atoms with Gasteiger partial charge in [0.15, 0.2) is 0 Å². The Hall–Kier alpha value is -0.790. The van der Waals surface area contributed by atoms with Crippen LogP contribution in [0.2, 0.25) is 0 Å². The molecule has 0 aromatic heterocycles. The highest BCUT2D eigenvalue weighted by Gasteiger charge is 2.34. The lowest BCUT2D eigenvalue weighted by Gasteiger charge is -2.17. The van der Waals surface area contributed by atoms with E-state index in [1.807, 2.05) is 0 Å². The van der Waals surface area contributed by atoms with E-state index in [-0.39, 0.29) is 0 Å². The van der Waals surface area contributed by atoms with Gasteiger partial charge in [0.05, 0.1) is 0 Å². The number of unbranched alkanes of at least 4 members (excludes halogenated alkanes) is 4. The summed E-state index contributed by atoms with van der Waals surface area (Å²) in [7, 11) is 0. The van der Waals surface area contributed by atoms with E-state index in [9.17, 15) is 4.79 Å². The van der Waals surface area contributed by atoms with Crippen molar-refractivity contribution in [3.63, 3.8) is 0 Å². The van der Waals surface area contributed by atoms with E-state index in [0.29, 0.717) is 6.42 Å². The molecular weight excluding hydrogens is 212 g/mol. The zero-order valence-electron chi connectivity index (χ0n) is 10.6. The lowest BCUT2D eigenvalue weighted by atomic mass is 9.88. The molecule has 0 spiro atoms. The van der Waals surface area contributed by atoms with Crippen LogP contribution < -0.4 is 0 Å². The summed E-state index contributed by atoms with van der Waals surface area (Å²) < 4.78 is 0. The fourth-order valence-electron chi connectivity index (χ4n) is 3.44. The van der Waals surface area contributed by atoms with E-state index < -0.39 is 5.97 Å². The molecule has 2 heteroatoms. The molecule has 0 radical (unpaired) electrons. The number of hydrogen-bond acceptors (Lipinski definition) is 1. The van der Waals surface area contributed by atoms with Gasteiger partial charge in [0, 0.05) is 6.42 Å². The Kier molecular flexibility index (Phi) is 4.64. The number of carboxylic acids is 1. The van der Waals surface area contributed by atoms with Crippen LogP contribution in [-0.2, 0) is 4.79 Å². The first-order valence-electron chi connectivity index (χ1n) is 7.16. The molecule has 1 fully saturated rings. The highest BCUT2D eigenvalue weighted by atomic mass is 16.4. The van der Waals surface area contributed by atoms with Crippen molar-refractivity contribution < 1.29 is 9.90 Å². The first kappa shape index (κ1) is 12.7. The number of carbonyl (C=O) groups is 1. The average molecular weight is 236 g/mol. The summed E-state index contributed by atoms with van der Waals surface area (Å²) in [4.78, 5) is 10.3. The molecule has 2 rings (SSSR count). The Morgan fingerprint density at radius 2 is 1.82 bits per heavy atom. The van der Waals surface area contributed by atoms with Gasteiger partial charge in [-0.15, -0.1) is 0 Å². The number of allylic oxidation sites excluding steroid dienone is 2. The van der Waals surface area contributed by atoms with Crippen molar-refractivity contribution >= 4 is 5.97 Å². The number of hydrogen-bond donors (Lipinski definition) is 1. The summed E-state index contributed by atoms with van der Waals surface area (Å²) in [6.45, 7) is 0. The van der Waals surface area contributed by atoms with Crippen molar-refractivity contribution in [1.82, 2.24) is 0 Å². The molecule has 2 aliphatic carbocycles. The summed E-state index contributed by atoms with van der Waals surface area (Å²) in [5.74, 6) is 2.11. The van der Waals surface area contributed by atoms with E-state index in [0.717, 1.165) is 30.6 Å². The van der Waals surface area contributed by atoms with E-state index in [2.05, 4.69) is 12.2 Å². The summed E-state index contributed by atoms with van der Waals surface area (Å²) in [5, 5.41) is 8.51. The highest BCUT2D eigenvalue weighted by Crippen LogP contribution is 2.45. The Morgan fingerprint density at radius 3 is 2.47 bits per heavy atom. The monoisotopic (exact) mass is 236 g/mol. The highest BCUT2D eigenvalue weighted by molar-refractivity contribution is 5.66. The summed E-state index contributed by atoms with van der Waals surface area (Å²) >= 11 is 0. The van der Waals surface area contributed by atoms with Gasteiger partial charge < -0.3 is 5.11 Å². The Bertz CT molecular complexity index is 283. The lowest BCUT2D eigenvalue weighted by molar-refractivity contribution is -0.137. The molecule has 0 heterocycles. The maximum Gasteiger partial charge on any atom is 0.303 e. The quantitative estimate of drug-likeness (QED) is 0.510. The molecule has 17 heavy (non-hydrogen) atoms. The fraction of sp³-hybridized carbons (Fsp3) is 0.800. The van der Waals surface area contributed by atoms with E-state index >= 15 is 0 Å². The maximum absolute atomic E-state index is 10.3. The van der Waals surface area contributed by atoms with Crippen LogP contribution >= 0.6 is 0 Å². The van der Waals surface area contributed by atoms with Crippen LogP contribution in [0.4, 0.5) is 0 Å². The van der Waals surface area contributed by atoms with Gasteiger partial charge >= 0.3 is 5.97 Å². The third kappa shape index (κ3) is 3.86. The number of fused-ring (bicyclic) bond motifs is 2. The van der Waals surface area contributed by atoms with Crippen LogP contribution in [0, 0.1) is 17.8 Å². The lowest BCUT2D eigenvalue weighted by Crippen LogP contribution is -2.06. The van der Waals surface area contributed by atoms with Crippen molar-refractivity contribution in [1.29, 1.82) is 0 Å². The summed E-state index contributed by atoms with van der Waals surface area (Å²) in [5.41, 5.74) is 0. The first-order chi connectivity index (χ1) is 8.25. The standard InChI is InChI=1S/C15H24O2/c16-15(17)7-5-3-1-2-4-6-13-10-12-8-9-14(13)11-12/h8-9,12-14H,1-7,10-11H2,(H,16,17). The largest absolute Gasteiger partial charge is 0.481 e. The van der Waals surface area contributed by atoms with Gasteiger partial charge in [-0.2, -0.15) is 0 Å². The second-order valence-electron chi connectivity index (χ2n) is 5.74. The average Bonchev–Trinajstić information content (AvgIpc) is 2.89. The molecule has 0 aliphatic heterocycles. The van der Waals surface area contributed by atoms with Crippen LogP contribution in [-0.4, -0.2) is 11.1 Å². The minimum absolute atomic E-state index is 0.344. The van der Waals surface area contributed by atoms with Crippen LogP contribution in [0.25, 0.3) is 0 Å². The predicted molar refractivity (Wildman–Crippen MR) is 68.8 cm³/mol. The molecule has 96 valence electrons. The predicted octanol–water partition coefficient (Wildman–Crippen LogP) is 4.01. The Balaban J connectivity index is 1.44. The molecule has 3 atom stereocenters. The molecule has 0 aromatic rings.